The SMILES string of the molecule is CCCNCC1(C2=CCCCC2)CCC1. The molecule has 0 aromatic rings. The Morgan fingerprint density at radius 1 is 1.27 bits per heavy atom. The molecule has 0 atom stereocenters. The first-order valence-corrected chi connectivity index (χ1v) is 6.78. The van der Waals surface area contributed by atoms with Crippen molar-refractivity contribution in [3.05, 3.63) is 11.6 Å². The molecule has 0 amide bonds. The Morgan fingerprint density at radius 3 is 2.67 bits per heavy atom. The monoisotopic (exact) mass is 207 g/mol. The fraction of sp³-hybridized carbons (Fsp3) is 0.857. The van der Waals surface area contributed by atoms with Gasteiger partial charge < -0.3 is 5.32 Å². The maximum atomic E-state index is 3.63. The number of hydrogen-bond acceptors (Lipinski definition) is 1. The number of nitrogens with one attached hydrogen (secondary N) is 1. The van der Waals surface area contributed by atoms with E-state index < -0.39 is 0 Å². The third-order valence-electron chi connectivity index (χ3n) is 4.17. The van der Waals surface area contributed by atoms with Crippen molar-refractivity contribution in [1.29, 1.82) is 0 Å². The molecule has 0 aromatic carbocycles. The van der Waals surface area contributed by atoms with Gasteiger partial charge in [-0.1, -0.05) is 25.0 Å². The molecule has 0 aromatic heterocycles. The Bertz CT molecular complexity index is 225. The summed E-state index contributed by atoms with van der Waals surface area (Å²) in [5.41, 5.74) is 2.39. The van der Waals surface area contributed by atoms with Gasteiger partial charge in [0.2, 0.25) is 0 Å². The van der Waals surface area contributed by atoms with Crippen LogP contribution >= 0.6 is 0 Å². The standard InChI is InChI=1S/C14H25N/c1-2-11-15-12-14(9-6-10-14)13-7-4-3-5-8-13/h7,15H,2-6,8-12H2,1H3. The van der Waals surface area contributed by atoms with E-state index in [-0.39, 0.29) is 0 Å². The molecule has 0 aliphatic heterocycles. The van der Waals surface area contributed by atoms with Crippen LogP contribution in [0.5, 0.6) is 0 Å². The molecule has 0 heterocycles. The molecule has 0 spiro atoms. The van der Waals surface area contributed by atoms with Crippen LogP contribution in [0.15, 0.2) is 11.6 Å². The van der Waals surface area contributed by atoms with Gasteiger partial charge in [0, 0.05) is 12.0 Å². The van der Waals surface area contributed by atoms with Gasteiger partial charge in [-0.05, 0) is 51.5 Å². The molecular weight excluding hydrogens is 182 g/mol. The van der Waals surface area contributed by atoms with Crippen molar-refractivity contribution in [3.8, 4) is 0 Å². The second kappa shape index (κ2) is 5.16. The minimum atomic E-state index is 0.593. The van der Waals surface area contributed by atoms with Gasteiger partial charge >= 0.3 is 0 Å². The van der Waals surface area contributed by atoms with Crippen molar-refractivity contribution in [3.63, 3.8) is 0 Å². The summed E-state index contributed by atoms with van der Waals surface area (Å²) < 4.78 is 0. The molecule has 2 aliphatic carbocycles. The van der Waals surface area contributed by atoms with E-state index in [0.717, 1.165) is 0 Å². The van der Waals surface area contributed by atoms with Crippen molar-refractivity contribution in [2.75, 3.05) is 13.1 Å². The minimum absolute atomic E-state index is 0.593. The maximum Gasteiger partial charge on any atom is 0.00452 e. The lowest BCUT2D eigenvalue weighted by molar-refractivity contribution is 0.171. The molecule has 0 unspecified atom stereocenters. The highest BCUT2D eigenvalue weighted by molar-refractivity contribution is 5.20. The van der Waals surface area contributed by atoms with Gasteiger partial charge in [0.15, 0.2) is 0 Å². The smallest absolute Gasteiger partial charge is 0.00452 e. The van der Waals surface area contributed by atoms with Crippen LogP contribution in [0.4, 0.5) is 0 Å². The summed E-state index contributed by atoms with van der Waals surface area (Å²) in [4.78, 5) is 0. The quantitative estimate of drug-likeness (QED) is 0.536. The fourth-order valence-corrected chi connectivity index (χ4v) is 3.04. The first-order chi connectivity index (χ1) is 7.37. The van der Waals surface area contributed by atoms with E-state index in [0.29, 0.717) is 5.41 Å². The van der Waals surface area contributed by atoms with E-state index in [1.807, 2.05) is 0 Å². The van der Waals surface area contributed by atoms with E-state index in [1.165, 1.54) is 64.5 Å². The summed E-state index contributed by atoms with van der Waals surface area (Å²) in [5, 5.41) is 3.63. The largest absolute Gasteiger partial charge is 0.316 e. The van der Waals surface area contributed by atoms with E-state index >= 15 is 0 Å². The lowest BCUT2D eigenvalue weighted by atomic mass is 9.62. The maximum absolute atomic E-state index is 3.63. The zero-order valence-corrected chi connectivity index (χ0v) is 10.1. The Kier molecular flexibility index (Phi) is 3.85. The summed E-state index contributed by atoms with van der Waals surface area (Å²) in [7, 11) is 0. The molecule has 1 nitrogen and oxygen atoms in total. The summed E-state index contributed by atoms with van der Waals surface area (Å²) in [6.07, 6.45) is 13.7. The van der Waals surface area contributed by atoms with Gasteiger partial charge in [0.1, 0.15) is 0 Å². The Labute approximate surface area is 94.3 Å². The summed E-state index contributed by atoms with van der Waals surface area (Å²) in [5.74, 6) is 0. The predicted octanol–water partition coefficient (Wildman–Crippen LogP) is 3.66. The van der Waals surface area contributed by atoms with Crippen LogP contribution in [0, 0.1) is 5.41 Å². The zero-order valence-electron chi connectivity index (χ0n) is 10.1. The van der Waals surface area contributed by atoms with Crippen molar-refractivity contribution in [1.82, 2.24) is 5.32 Å². The highest BCUT2D eigenvalue weighted by Crippen LogP contribution is 2.49. The van der Waals surface area contributed by atoms with Crippen molar-refractivity contribution in [2.24, 2.45) is 5.41 Å². The van der Waals surface area contributed by atoms with Crippen LogP contribution < -0.4 is 5.32 Å². The van der Waals surface area contributed by atoms with Crippen LogP contribution in [0.2, 0.25) is 0 Å². The molecule has 2 rings (SSSR count). The van der Waals surface area contributed by atoms with Crippen molar-refractivity contribution < 1.29 is 0 Å². The third kappa shape index (κ3) is 2.44. The second-order valence-electron chi connectivity index (χ2n) is 5.29. The molecule has 1 fully saturated rings. The van der Waals surface area contributed by atoms with Gasteiger partial charge in [-0.2, -0.15) is 0 Å². The molecule has 0 saturated heterocycles. The predicted molar refractivity (Wildman–Crippen MR) is 66.0 cm³/mol. The van der Waals surface area contributed by atoms with Crippen LogP contribution in [-0.4, -0.2) is 13.1 Å². The number of hydrogen-bond donors (Lipinski definition) is 1. The van der Waals surface area contributed by atoms with Gasteiger partial charge in [-0.3, -0.25) is 0 Å². The average molecular weight is 207 g/mol. The van der Waals surface area contributed by atoms with E-state index in [4.69, 9.17) is 0 Å². The molecule has 0 radical (unpaired) electrons. The van der Waals surface area contributed by atoms with Crippen molar-refractivity contribution in [2.45, 2.75) is 58.3 Å². The van der Waals surface area contributed by atoms with E-state index in [2.05, 4.69) is 18.3 Å². The third-order valence-corrected chi connectivity index (χ3v) is 4.17. The Balaban J connectivity index is 1.91. The highest BCUT2D eigenvalue weighted by Gasteiger charge is 2.39. The van der Waals surface area contributed by atoms with E-state index in [1.54, 1.807) is 5.57 Å². The van der Waals surface area contributed by atoms with Crippen LogP contribution in [0.25, 0.3) is 0 Å². The Hall–Kier alpha value is -0.300. The lowest BCUT2D eigenvalue weighted by Gasteiger charge is -2.45. The second-order valence-corrected chi connectivity index (χ2v) is 5.29. The molecule has 2 aliphatic rings. The van der Waals surface area contributed by atoms with Gasteiger partial charge in [0.25, 0.3) is 0 Å². The van der Waals surface area contributed by atoms with Crippen LogP contribution in [0.3, 0.4) is 0 Å². The first kappa shape index (κ1) is 11.2. The Morgan fingerprint density at radius 2 is 2.13 bits per heavy atom. The number of allylic oxidation sites excluding steroid dienone is 1. The first-order valence-electron chi connectivity index (χ1n) is 6.78. The molecule has 1 heteroatoms. The normalized spacial score (nSPS) is 24.5. The molecular formula is C14H25N. The number of rotatable bonds is 5. The molecule has 15 heavy (non-hydrogen) atoms. The van der Waals surface area contributed by atoms with Gasteiger partial charge in [-0.25, -0.2) is 0 Å². The lowest BCUT2D eigenvalue weighted by Crippen LogP contribution is -2.42. The highest BCUT2D eigenvalue weighted by atomic mass is 14.9. The molecule has 1 saturated carbocycles. The molecule has 86 valence electrons. The summed E-state index contributed by atoms with van der Waals surface area (Å²) in [6.45, 7) is 4.68. The zero-order chi connectivity index (χ0) is 10.6. The van der Waals surface area contributed by atoms with E-state index in [9.17, 15) is 0 Å². The van der Waals surface area contributed by atoms with Crippen LogP contribution in [-0.2, 0) is 0 Å². The minimum Gasteiger partial charge on any atom is -0.316 e. The van der Waals surface area contributed by atoms with Gasteiger partial charge in [-0.15, -0.1) is 0 Å². The fourth-order valence-electron chi connectivity index (χ4n) is 3.04. The molecule has 0 bridgehead atoms. The average Bonchev–Trinajstić information content (AvgIpc) is 2.23. The molecule has 1 N–H and O–H groups in total. The topological polar surface area (TPSA) is 12.0 Å². The van der Waals surface area contributed by atoms with Crippen LogP contribution in [0.1, 0.15) is 58.3 Å². The van der Waals surface area contributed by atoms with Gasteiger partial charge in [0.05, 0.1) is 0 Å². The van der Waals surface area contributed by atoms with Crippen molar-refractivity contribution >= 4 is 0 Å². The summed E-state index contributed by atoms with van der Waals surface area (Å²) >= 11 is 0. The summed E-state index contributed by atoms with van der Waals surface area (Å²) in [6, 6.07) is 0.